The summed E-state index contributed by atoms with van der Waals surface area (Å²) in [4.78, 5) is 33.2. The predicted octanol–water partition coefficient (Wildman–Crippen LogP) is 1.89. The molecule has 0 aliphatic carbocycles. The van der Waals surface area contributed by atoms with Gasteiger partial charge in [0.15, 0.2) is 0 Å². The number of nitrogens with zero attached hydrogens (tertiary/aromatic N) is 1. The van der Waals surface area contributed by atoms with Crippen LogP contribution in [0.3, 0.4) is 0 Å². The Morgan fingerprint density at radius 3 is 2.57 bits per heavy atom. The van der Waals surface area contributed by atoms with Crippen molar-refractivity contribution in [3.8, 4) is 0 Å². The van der Waals surface area contributed by atoms with Crippen LogP contribution in [0.4, 0.5) is 5.69 Å². The summed E-state index contributed by atoms with van der Waals surface area (Å²) in [5.41, 5.74) is -0.0561. The number of rotatable bonds is 6. The van der Waals surface area contributed by atoms with Crippen LogP contribution in [0.15, 0.2) is 18.2 Å². The third kappa shape index (κ3) is 5.39. The minimum atomic E-state index is -0.625. The van der Waals surface area contributed by atoms with Crippen LogP contribution in [0, 0.1) is 10.1 Å². The van der Waals surface area contributed by atoms with E-state index in [1.807, 2.05) is 13.8 Å². The van der Waals surface area contributed by atoms with Crippen LogP contribution in [0.1, 0.15) is 30.6 Å². The molecule has 21 heavy (non-hydrogen) atoms. The number of nitro groups is 1. The molecule has 0 heterocycles. The molecule has 1 aromatic rings. The van der Waals surface area contributed by atoms with Crippen molar-refractivity contribution < 1.29 is 14.5 Å². The number of amides is 2. The van der Waals surface area contributed by atoms with E-state index in [0.717, 1.165) is 0 Å². The highest BCUT2D eigenvalue weighted by Crippen LogP contribution is 2.24. The SMILES string of the molecule is CC(C)NC(=O)CCNC(=O)c1ccc([N+](=O)[O-])c(Cl)c1. The molecule has 1 rings (SSSR count). The Kier molecular flexibility index (Phi) is 6.10. The largest absolute Gasteiger partial charge is 0.354 e. The van der Waals surface area contributed by atoms with E-state index in [1.165, 1.54) is 18.2 Å². The molecular formula is C13H16ClN3O4. The van der Waals surface area contributed by atoms with Gasteiger partial charge < -0.3 is 10.6 Å². The average molecular weight is 314 g/mol. The highest BCUT2D eigenvalue weighted by atomic mass is 35.5. The Morgan fingerprint density at radius 2 is 2.05 bits per heavy atom. The zero-order valence-corrected chi connectivity index (χ0v) is 12.4. The first-order chi connectivity index (χ1) is 9.81. The van der Waals surface area contributed by atoms with Gasteiger partial charge in [0.1, 0.15) is 5.02 Å². The summed E-state index contributed by atoms with van der Waals surface area (Å²) in [6, 6.07) is 3.75. The van der Waals surface area contributed by atoms with Crippen molar-refractivity contribution in [1.29, 1.82) is 0 Å². The molecule has 0 atom stereocenters. The number of halogens is 1. The van der Waals surface area contributed by atoms with E-state index in [9.17, 15) is 19.7 Å². The Hall–Kier alpha value is -2.15. The zero-order valence-electron chi connectivity index (χ0n) is 11.7. The lowest BCUT2D eigenvalue weighted by atomic mass is 10.2. The molecule has 0 saturated carbocycles. The lowest BCUT2D eigenvalue weighted by molar-refractivity contribution is -0.384. The van der Waals surface area contributed by atoms with Crippen LogP contribution >= 0.6 is 11.6 Å². The van der Waals surface area contributed by atoms with E-state index < -0.39 is 10.8 Å². The molecule has 0 bridgehead atoms. The molecule has 0 spiro atoms. The van der Waals surface area contributed by atoms with Crippen molar-refractivity contribution in [1.82, 2.24) is 10.6 Å². The summed E-state index contributed by atoms with van der Waals surface area (Å²) >= 11 is 5.72. The zero-order chi connectivity index (χ0) is 16.0. The second-order valence-electron chi connectivity index (χ2n) is 4.65. The van der Waals surface area contributed by atoms with E-state index in [2.05, 4.69) is 10.6 Å². The van der Waals surface area contributed by atoms with Crippen LogP contribution in [-0.2, 0) is 4.79 Å². The van der Waals surface area contributed by atoms with E-state index >= 15 is 0 Å². The number of carbonyl (C=O) groups is 2. The first-order valence-corrected chi connectivity index (χ1v) is 6.70. The normalized spacial score (nSPS) is 10.3. The van der Waals surface area contributed by atoms with Crippen LogP contribution in [0.5, 0.6) is 0 Å². The Bertz CT molecular complexity index is 560. The van der Waals surface area contributed by atoms with Gasteiger partial charge in [0.2, 0.25) is 5.91 Å². The summed E-state index contributed by atoms with van der Waals surface area (Å²) in [7, 11) is 0. The molecule has 0 aromatic heterocycles. The lowest BCUT2D eigenvalue weighted by Gasteiger charge is -2.09. The lowest BCUT2D eigenvalue weighted by Crippen LogP contribution is -2.34. The fourth-order valence-corrected chi connectivity index (χ4v) is 1.83. The highest BCUT2D eigenvalue weighted by Gasteiger charge is 2.15. The Morgan fingerprint density at radius 1 is 1.38 bits per heavy atom. The predicted molar refractivity (Wildman–Crippen MR) is 78.3 cm³/mol. The third-order valence-corrected chi connectivity index (χ3v) is 2.80. The molecule has 8 heteroatoms. The molecule has 0 radical (unpaired) electrons. The van der Waals surface area contributed by atoms with Gasteiger partial charge in [0.05, 0.1) is 4.92 Å². The minimum absolute atomic E-state index is 0.0432. The average Bonchev–Trinajstić information content (AvgIpc) is 2.36. The van der Waals surface area contributed by atoms with Gasteiger partial charge in [0, 0.05) is 30.6 Å². The molecule has 114 valence electrons. The summed E-state index contributed by atoms with van der Waals surface area (Å²) in [6.07, 6.45) is 0.157. The van der Waals surface area contributed by atoms with Gasteiger partial charge >= 0.3 is 0 Å². The first kappa shape index (κ1) is 16.9. The summed E-state index contributed by atoms with van der Waals surface area (Å²) in [5.74, 6) is -0.601. The van der Waals surface area contributed by atoms with Gasteiger partial charge in [-0.05, 0) is 26.0 Å². The van der Waals surface area contributed by atoms with Crippen molar-refractivity contribution in [3.63, 3.8) is 0 Å². The first-order valence-electron chi connectivity index (χ1n) is 6.32. The standard InChI is InChI=1S/C13H16ClN3O4/c1-8(2)16-12(18)5-6-15-13(19)9-3-4-11(17(20)21)10(14)7-9/h3-4,7-8H,5-6H2,1-2H3,(H,15,19)(H,16,18). The van der Waals surface area contributed by atoms with Gasteiger partial charge in [-0.15, -0.1) is 0 Å². The maximum Gasteiger partial charge on any atom is 0.287 e. The highest BCUT2D eigenvalue weighted by molar-refractivity contribution is 6.33. The second kappa shape index (κ2) is 7.58. The monoisotopic (exact) mass is 313 g/mol. The molecule has 0 saturated heterocycles. The van der Waals surface area contributed by atoms with E-state index in [4.69, 9.17) is 11.6 Å². The number of nitro benzene ring substituents is 1. The molecule has 2 N–H and O–H groups in total. The molecule has 0 aliphatic heterocycles. The van der Waals surface area contributed by atoms with Crippen LogP contribution < -0.4 is 10.6 Å². The third-order valence-electron chi connectivity index (χ3n) is 2.49. The molecule has 0 unspecified atom stereocenters. The topological polar surface area (TPSA) is 101 Å². The molecular weight excluding hydrogens is 298 g/mol. The molecule has 7 nitrogen and oxygen atoms in total. The van der Waals surface area contributed by atoms with Gasteiger partial charge in [-0.25, -0.2) is 0 Å². The molecule has 1 aromatic carbocycles. The second-order valence-corrected chi connectivity index (χ2v) is 5.06. The van der Waals surface area contributed by atoms with Crippen molar-refractivity contribution in [2.75, 3.05) is 6.54 Å². The number of hydrogen-bond acceptors (Lipinski definition) is 4. The van der Waals surface area contributed by atoms with E-state index in [-0.39, 0.29) is 41.2 Å². The van der Waals surface area contributed by atoms with Crippen LogP contribution in [0.25, 0.3) is 0 Å². The van der Waals surface area contributed by atoms with Gasteiger partial charge in [0.25, 0.3) is 11.6 Å². The summed E-state index contributed by atoms with van der Waals surface area (Å²) in [6.45, 7) is 3.86. The van der Waals surface area contributed by atoms with Crippen LogP contribution in [-0.4, -0.2) is 29.3 Å². The van der Waals surface area contributed by atoms with Gasteiger partial charge in [-0.1, -0.05) is 11.6 Å². The van der Waals surface area contributed by atoms with E-state index in [0.29, 0.717) is 0 Å². The Balaban J connectivity index is 2.55. The smallest absolute Gasteiger partial charge is 0.287 e. The minimum Gasteiger partial charge on any atom is -0.354 e. The molecule has 0 aliphatic rings. The number of hydrogen-bond donors (Lipinski definition) is 2. The number of carbonyl (C=O) groups excluding carboxylic acids is 2. The van der Waals surface area contributed by atoms with Crippen molar-refractivity contribution in [3.05, 3.63) is 38.9 Å². The maximum atomic E-state index is 11.8. The number of nitrogens with one attached hydrogen (secondary N) is 2. The fourth-order valence-electron chi connectivity index (χ4n) is 1.58. The molecule has 2 amide bonds. The summed E-state index contributed by atoms with van der Waals surface area (Å²) < 4.78 is 0. The summed E-state index contributed by atoms with van der Waals surface area (Å²) in [5, 5.41) is 15.8. The van der Waals surface area contributed by atoms with Crippen LogP contribution in [0.2, 0.25) is 5.02 Å². The van der Waals surface area contributed by atoms with E-state index in [1.54, 1.807) is 0 Å². The fraction of sp³-hybridized carbons (Fsp3) is 0.385. The molecule has 0 fully saturated rings. The van der Waals surface area contributed by atoms with Crippen molar-refractivity contribution in [2.45, 2.75) is 26.3 Å². The Labute approximate surface area is 126 Å². The maximum absolute atomic E-state index is 11.8. The quantitative estimate of drug-likeness (QED) is 0.618. The number of benzene rings is 1. The van der Waals surface area contributed by atoms with Crippen molar-refractivity contribution >= 4 is 29.1 Å². The van der Waals surface area contributed by atoms with Crippen molar-refractivity contribution in [2.24, 2.45) is 0 Å². The van der Waals surface area contributed by atoms with Gasteiger partial charge in [-0.2, -0.15) is 0 Å². The van der Waals surface area contributed by atoms with Gasteiger partial charge in [-0.3, -0.25) is 19.7 Å².